The van der Waals surface area contributed by atoms with Crippen LogP contribution in [-0.2, 0) is 43.4 Å². The first kappa shape index (κ1) is 29.0. The highest BCUT2D eigenvalue weighted by Gasteiger charge is 2.60. The predicted octanol–water partition coefficient (Wildman–Crippen LogP) is 2.07. The van der Waals surface area contributed by atoms with Gasteiger partial charge in [0.2, 0.25) is 6.23 Å². The number of imidazole rings is 1. The Morgan fingerprint density at radius 2 is 1.95 bits per heavy atom. The van der Waals surface area contributed by atoms with Gasteiger partial charge in [-0.15, -0.1) is 0 Å². The van der Waals surface area contributed by atoms with E-state index in [1.54, 1.807) is 0 Å². The molecule has 1 aliphatic heterocycles. The minimum absolute atomic E-state index is 0.0257. The van der Waals surface area contributed by atoms with E-state index in [4.69, 9.17) is 9.47 Å². The third-order valence-electron chi connectivity index (χ3n) is 6.76. The van der Waals surface area contributed by atoms with Gasteiger partial charge in [-0.25, -0.2) is 9.78 Å². The Labute approximate surface area is 221 Å². The van der Waals surface area contributed by atoms with E-state index in [1.165, 1.54) is 6.07 Å². The molecule has 4 rings (SSSR count). The molecule has 1 fully saturated rings. The van der Waals surface area contributed by atoms with Crippen molar-refractivity contribution in [3.8, 4) is 0 Å². The maximum Gasteiger partial charge on any atom is 0.350 e. The number of rotatable bonds is 8. The molecular weight excluding hydrogens is 541 g/mol. The zero-order chi connectivity index (χ0) is 28.9. The maximum absolute atomic E-state index is 14.7. The van der Waals surface area contributed by atoms with Crippen molar-refractivity contribution in [2.45, 2.75) is 58.2 Å². The molecule has 12 nitrogen and oxygen atoms in total. The Balaban J connectivity index is 1.43. The second-order valence-electron chi connectivity index (χ2n) is 9.59. The highest BCUT2D eigenvalue weighted by Crippen LogP contribution is 2.44. The summed E-state index contributed by atoms with van der Waals surface area (Å²) in [6.45, 7) is 5.94. The Bertz CT molecular complexity index is 1530. The number of ether oxygens (including phenoxy) is 2. The molecule has 1 aromatic carbocycles. The molecule has 0 aliphatic carbocycles. The molecule has 1 aliphatic rings. The van der Waals surface area contributed by atoms with Crippen LogP contribution < -0.4 is 5.69 Å². The van der Waals surface area contributed by atoms with Gasteiger partial charge in [0.05, 0.1) is 29.8 Å². The number of carbonyl (C=O) groups is 1. The van der Waals surface area contributed by atoms with Gasteiger partial charge in [-0.3, -0.25) is 13.9 Å². The summed E-state index contributed by atoms with van der Waals surface area (Å²) < 4.78 is 57.9. The highest BCUT2D eigenvalue weighted by atomic mass is 31.2. The first-order valence-electron chi connectivity index (χ1n) is 11.9. The van der Waals surface area contributed by atoms with Crippen molar-refractivity contribution >= 4 is 24.6 Å². The van der Waals surface area contributed by atoms with E-state index in [1.807, 2.05) is 38.5 Å². The molecule has 0 radical (unpaired) electrons. The monoisotopic (exact) mass is 570 g/mol. The first-order chi connectivity index (χ1) is 18.1. The van der Waals surface area contributed by atoms with E-state index in [2.05, 4.69) is 14.5 Å². The summed E-state index contributed by atoms with van der Waals surface area (Å²) in [7, 11) is -2.20. The summed E-state index contributed by atoms with van der Waals surface area (Å²) in [5.74, 6) is -4.12. The fraction of sp³-hybridized carbons (Fsp3) is 0.500. The SMILES string of the molecule is Cc1cc2nc(COC(=O)Cc3ccn([C@@H]4O[C@H](COP(C)(=O)O)[C@@H](O)C4(F)F)c(=O)n3)n(C)c2c(C)c1C. The van der Waals surface area contributed by atoms with Crippen LogP contribution in [-0.4, -0.2) is 66.5 Å². The van der Waals surface area contributed by atoms with Crippen LogP contribution in [0.5, 0.6) is 0 Å². The van der Waals surface area contributed by atoms with Crippen LogP contribution in [0, 0.1) is 20.8 Å². The molecule has 0 spiro atoms. The van der Waals surface area contributed by atoms with Crippen molar-refractivity contribution in [2.75, 3.05) is 13.3 Å². The number of aromatic nitrogens is 4. The van der Waals surface area contributed by atoms with Crippen molar-refractivity contribution in [3.05, 3.63) is 57.0 Å². The summed E-state index contributed by atoms with van der Waals surface area (Å²) in [6.07, 6.45) is -5.77. The molecular formula is C24H29F2N4O8P. The molecule has 4 atom stereocenters. The molecule has 2 aromatic heterocycles. The van der Waals surface area contributed by atoms with Crippen LogP contribution in [0.3, 0.4) is 0 Å². The number of benzene rings is 1. The molecule has 15 heteroatoms. The van der Waals surface area contributed by atoms with E-state index in [0.717, 1.165) is 40.6 Å². The third-order valence-corrected chi connectivity index (χ3v) is 7.39. The third kappa shape index (κ3) is 5.80. The van der Waals surface area contributed by atoms with Crippen molar-refractivity contribution in [1.29, 1.82) is 0 Å². The van der Waals surface area contributed by atoms with Gasteiger partial charge < -0.3 is 28.6 Å². The largest absolute Gasteiger partial charge is 0.457 e. The lowest BCUT2D eigenvalue weighted by Gasteiger charge is -2.21. The summed E-state index contributed by atoms with van der Waals surface area (Å²) in [5, 5.41) is 9.94. The summed E-state index contributed by atoms with van der Waals surface area (Å²) in [5.41, 5.74) is 3.84. The van der Waals surface area contributed by atoms with Gasteiger partial charge in [0, 0.05) is 19.9 Å². The number of aryl methyl sites for hydroxylation is 3. The quantitative estimate of drug-likeness (QED) is 0.304. The van der Waals surface area contributed by atoms with Crippen LogP contribution in [0.1, 0.15) is 34.4 Å². The van der Waals surface area contributed by atoms with Crippen LogP contribution in [0.15, 0.2) is 23.1 Å². The topological polar surface area (TPSA) is 155 Å². The van der Waals surface area contributed by atoms with Gasteiger partial charge >= 0.3 is 25.2 Å². The average molecular weight is 570 g/mol. The second-order valence-corrected chi connectivity index (χ2v) is 11.5. The van der Waals surface area contributed by atoms with E-state index in [-0.39, 0.29) is 12.3 Å². The molecule has 0 bridgehead atoms. The number of halogens is 2. The van der Waals surface area contributed by atoms with Crippen molar-refractivity contribution in [1.82, 2.24) is 19.1 Å². The number of aliphatic hydroxyl groups excluding tert-OH is 1. The maximum atomic E-state index is 14.7. The number of fused-ring (bicyclic) bond motifs is 1. The Morgan fingerprint density at radius 1 is 1.26 bits per heavy atom. The Hall–Kier alpha value is -3.03. The van der Waals surface area contributed by atoms with Crippen LogP contribution in [0.4, 0.5) is 8.78 Å². The Morgan fingerprint density at radius 3 is 2.59 bits per heavy atom. The number of hydrogen-bond donors (Lipinski definition) is 2. The van der Waals surface area contributed by atoms with Gasteiger partial charge in [0.15, 0.2) is 6.10 Å². The van der Waals surface area contributed by atoms with Crippen molar-refractivity contribution in [2.24, 2.45) is 7.05 Å². The average Bonchev–Trinajstić information content (AvgIpc) is 3.27. The van der Waals surface area contributed by atoms with Crippen LogP contribution in [0.25, 0.3) is 11.0 Å². The second kappa shape index (κ2) is 10.5. The van der Waals surface area contributed by atoms with Gasteiger partial charge in [0.1, 0.15) is 18.5 Å². The smallest absolute Gasteiger partial charge is 0.350 e. The molecule has 3 aromatic rings. The molecule has 212 valence electrons. The Kier molecular flexibility index (Phi) is 7.80. The molecule has 0 saturated carbocycles. The minimum atomic E-state index is -4.02. The van der Waals surface area contributed by atoms with Crippen molar-refractivity contribution in [3.63, 3.8) is 0 Å². The van der Waals surface area contributed by atoms with Gasteiger partial charge in [-0.05, 0) is 49.6 Å². The van der Waals surface area contributed by atoms with Gasteiger partial charge in [-0.2, -0.15) is 13.8 Å². The number of aliphatic hydroxyl groups is 1. The fourth-order valence-corrected chi connectivity index (χ4v) is 4.84. The zero-order valence-corrected chi connectivity index (χ0v) is 22.8. The minimum Gasteiger partial charge on any atom is -0.457 e. The number of carbonyl (C=O) groups excluding carboxylic acids is 1. The lowest BCUT2D eigenvalue weighted by Crippen LogP contribution is -2.42. The van der Waals surface area contributed by atoms with E-state index in [9.17, 15) is 32.9 Å². The normalized spacial score (nSPS) is 22.2. The van der Waals surface area contributed by atoms with E-state index < -0.39 is 56.6 Å². The molecule has 39 heavy (non-hydrogen) atoms. The lowest BCUT2D eigenvalue weighted by atomic mass is 10.0. The molecule has 0 amide bonds. The summed E-state index contributed by atoms with van der Waals surface area (Å²) >= 11 is 0. The zero-order valence-electron chi connectivity index (χ0n) is 21.9. The lowest BCUT2D eigenvalue weighted by molar-refractivity contribution is -0.144. The number of alkyl halides is 2. The highest BCUT2D eigenvalue weighted by molar-refractivity contribution is 7.51. The van der Waals surface area contributed by atoms with Gasteiger partial charge in [-0.1, -0.05) is 0 Å². The van der Waals surface area contributed by atoms with Crippen molar-refractivity contribution < 1.29 is 42.1 Å². The molecule has 3 heterocycles. The molecule has 1 unspecified atom stereocenters. The molecule has 2 N–H and O–H groups in total. The number of nitrogens with zero attached hydrogens (tertiary/aromatic N) is 4. The van der Waals surface area contributed by atoms with Crippen LogP contribution >= 0.6 is 7.60 Å². The first-order valence-corrected chi connectivity index (χ1v) is 13.9. The fourth-order valence-electron chi connectivity index (χ4n) is 4.41. The molecule has 1 saturated heterocycles. The van der Waals surface area contributed by atoms with Gasteiger partial charge in [0.25, 0.3) is 0 Å². The van der Waals surface area contributed by atoms with Crippen LogP contribution in [0.2, 0.25) is 0 Å². The summed E-state index contributed by atoms with van der Waals surface area (Å²) in [6, 6.07) is 3.14. The predicted molar refractivity (Wildman–Crippen MR) is 133 cm³/mol. The standard InChI is InChI=1S/C24H29F2N4O8P/c1-12-8-16-20(14(3)13(12)2)29(4)18(28-16)11-36-19(31)9-15-6-7-30(23(33)27-15)22-24(25,26)21(32)17(38-22)10-37-39(5,34)35/h6-8,17,21-22,32H,9-11H2,1-5H3,(H,34,35)/t17-,21-,22-/m1/s1. The number of esters is 1. The van der Waals surface area contributed by atoms with E-state index >= 15 is 0 Å². The van der Waals surface area contributed by atoms with E-state index in [0.29, 0.717) is 10.4 Å². The summed E-state index contributed by atoms with van der Waals surface area (Å²) in [4.78, 5) is 42.4. The number of hydrogen-bond acceptors (Lipinski definition) is 9.